The van der Waals surface area contributed by atoms with Crippen LogP contribution in [0.4, 0.5) is 0 Å². The van der Waals surface area contributed by atoms with Crippen LogP contribution in [0.5, 0.6) is 0 Å². The van der Waals surface area contributed by atoms with E-state index in [1.807, 2.05) is 4.68 Å². The fourth-order valence-electron chi connectivity index (χ4n) is 2.36. The number of halogens is 1. The van der Waals surface area contributed by atoms with Crippen LogP contribution in [0.25, 0.3) is 0 Å². The van der Waals surface area contributed by atoms with Crippen molar-refractivity contribution < 1.29 is 4.74 Å². The number of aromatic nitrogens is 2. The minimum atomic E-state index is 0.385. The van der Waals surface area contributed by atoms with E-state index in [0.717, 1.165) is 48.2 Å². The summed E-state index contributed by atoms with van der Waals surface area (Å²) in [5, 5.41) is 4.57. The molecule has 5 heteroatoms. The average molecular weight is 316 g/mol. The predicted molar refractivity (Wildman–Crippen MR) is 75.3 cm³/mol. The van der Waals surface area contributed by atoms with Crippen molar-refractivity contribution >= 4 is 15.9 Å². The Morgan fingerprint density at radius 3 is 2.72 bits per heavy atom. The molecule has 2 N–H and O–H groups in total. The molecule has 0 spiro atoms. The van der Waals surface area contributed by atoms with Crippen LogP contribution in [0, 0.1) is 5.92 Å². The first-order valence-electron chi connectivity index (χ1n) is 6.75. The number of nitrogens with two attached hydrogens (primary N) is 1. The van der Waals surface area contributed by atoms with Crippen LogP contribution in [0.3, 0.4) is 0 Å². The lowest BCUT2D eigenvalue weighted by Crippen LogP contribution is -2.35. The van der Waals surface area contributed by atoms with Gasteiger partial charge in [-0.15, -0.1) is 0 Å². The van der Waals surface area contributed by atoms with Gasteiger partial charge in [0.2, 0.25) is 0 Å². The Morgan fingerprint density at radius 1 is 1.44 bits per heavy atom. The van der Waals surface area contributed by atoms with Gasteiger partial charge in [-0.3, -0.25) is 4.68 Å². The first-order chi connectivity index (χ1) is 8.69. The van der Waals surface area contributed by atoms with E-state index in [1.165, 1.54) is 0 Å². The molecular weight excluding hydrogens is 294 g/mol. The van der Waals surface area contributed by atoms with Gasteiger partial charge in [0, 0.05) is 6.54 Å². The van der Waals surface area contributed by atoms with Gasteiger partial charge in [-0.25, -0.2) is 0 Å². The largest absolute Gasteiger partial charge is 0.372 e. The number of hydrogen-bond donors (Lipinski definition) is 1. The van der Waals surface area contributed by atoms with Crippen molar-refractivity contribution in [1.82, 2.24) is 9.78 Å². The number of ether oxygens (including phenoxy) is 1. The summed E-state index contributed by atoms with van der Waals surface area (Å²) < 4.78 is 9.07. The van der Waals surface area contributed by atoms with Crippen LogP contribution in [-0.4, -0.2) is 22.4 Å². The molecule has 1 aromatic rings. The second-order valence-electron chi connectivity index (χ2n) is 4.88. The van der Waals surface area contributed by atoms with Crippen molar-refractivity contribution in [3.63, 3.8) is 0 Å². The Kier molecular flexibility index (Phi) is 4.81. The highest BCUT2D eigenvalue weighted by atomic mass is 79.9. The molecule has 0 atom stereocenters. The molecule has 0 amide bonds. The van der Waals surface area contributed by atoms with Crippen LogP contribution >= 0.6 is 15.9 Å². The van der Waals surface area contributed by atoms with E-state index in [2.05, 4.69) is 34.9 Å². The number of hydrogen-bond acceptors (Lipinski definition) is 3. The van der Waals surface area contributed by atoms with E-state index < -0.39 is 0 Å². The minimum Gasteiger partial charge on any atom is -0.372 e. The number of rotatable bonds is 6. The van der Waals surface area contributed by atoms with Gasteiger partial charge in [0.15, 0.2) is 0 Å². The van der Waals surface area contributed by atoms with Gasteiger partial charge in [0.25, 0.3) is 0 Å². The van der Waals surface area contributed by atoms with Gasteiger partial charge in [0.1, 0.15) is 0 Å². The summed E-state index contributed by atoms with van der Waals surface area (Å²) >= 11 is 3.64. The smallest absolute Gasteiger partial charge is 0.0900 e. The molecule has 0 saturated heterocycles. The van der Waals surface area contributed by atoms with Gasteiger partial charge in [-0.2, -0.15) is 5.10 Å². The van der Waals surface area contributed by atoms with Crippen molar-refractivity contribution in [2.75, 3.05) is 6.54 Å². The standard InChI is InChI=1S/C13H22BrN3O/c1-3-11-13(14)12(17(4-2)16-11)8-18-10-5-9(6-10)7-15/h9-10H,3-8,15H2,1-2H3. The summed E-state index contributed by atoms with van der Waals surface area (Å²) in [6.07, 6.45) is 3.54. The molecule has 18 heavy (non-hydrogen) atoms. The van der Waals surface area contributed by atoms with Crippen LogP contribution in [-0.2, 0) is 24.3 Å². The topological polar surface area (TPSA) is 53.1 Å². The molecule has 1 fully saturated rings. The van der Waals surface area contributed by atoms with Gasteiger partial charge in [0.05, 0.1) is 28.6 Å². The second kappa shape index (κ2) is 6.17. The minimum absolute atomic E-state index is 0.385. The maximum atomic E-state index is 5.93. The lowest BCUT2D eigenvalue weighted by atomic mass is 9.82. The summed E-state index contributed by atoms with van der Waals surface area (Å²) in [5.74, 6) is 0.667. The number of nitrogens with zero attached hydrogens (tertiary/aromatic N) is 2. The Hall–Kier alpha value is -0.390. The van der Waals surface area contributed by atoms with Crippen LogP contribution in [0.1, 0.15) is 38.1 Å². The highest BCUT2D eigenvalue weighted by Crippen LogP contribution is 2.31. The fourth-order valence-corrected chi connectivity index (χ4v) is 3.03. The number of aryl methyl sites for hydroxylation is 2. The summed E-state index contributed by atoms with van der Waals surface area (Å²) in [6.45, 7) is 6.54. The third kappa shape index (κ3) is 2.78. The molecule has 1 aliphatic carbocycles. The van der Waals surface area contributed by atoms with Crippen molar-refractivity contribution in [3.05, 3.63) is 15.9 Å². The second-order valence-corrected chi connectivity index (χ2v) is 5.68. The van der Waals surface area contributed by atoms with Gasteiger partial charge >= 0.3 is 0 Å². The molecule has 0 aromatic carbocycles. The molecular formula is C13H22BrN3O. The maximum Gasteiger partial charge on any atom is 0.0900 e. The van der Waals surface area contributed by atoms with E-state index in [-0.39, 0.29) is 0 Å². The van der Waals surface area contributed by atoms with Crippen LogP contribution in [0.2, 0.25) is 0 Å². The van der Waals surface area contributed by atoms with Gasteiger partial charge in [-0.05, 0) is 54.6 Å². The zero-order chi connectivity index (χ0) is 13.1. The zero-order valence-corrected chi connectivity index (χ0v) is 12.7. The Balaban J connectivity index is 1.94. The Labute approximate surface area is 117 Å². The normalized spacial score (nSPS) is 23.1. The monoisotopic (exact) mass is 315 g/mol. The Morgan fingerprint density at radius 2 is 2.17 bits per heavy atom. The molecule has 1 saturated carbocycles. The molecule has 0 bridgehead atoms. The highest BCUT2D eigenvalue weighted by molar-refractivity contribution is 9.10. The molecule has 0 aliphatic heterocycles. The van der Waals surface area contributed by atoms with Gasteiger partial charge in [-0.1, -0.05) is 6.92 Å². The molecule has 0 radical (unpaired) electrons. The molecule has 2 rings (SSSR count). The zero-order valence-electron chi connectivity index (χ0n) is 11.2. The third-order valence-corrected chi connectivity index (χ3v) is 4.59. The van der Waals surface area contributed by atoms with E-state index in [1.54, 1.807) is 0 Å². The van der Waals surface area contributed by atoms with E-state index in [0.29, 0.717) is 18.6 Å². The van der Waals surface area contributed by atoms with Crippen molar-refractivity contribution in [1.29, 1.82) is 0 Å². The summed E-state index contributed by atoms with van der Waals surface area (Å²) in [6, 6.07) is 0. The van der Waals surface area contributed by atoms with Crippen molar-refractivity contribution in [2.24, 2.45) is 11.7 Å². The molecule has 1 aliphatic rings. The first kappa shape index (κ1) is 14.0. The Bertz CT molecular complexity index is 399. The fraction of sp³-hybridized carbons (Fsp3) is 0.769. The quantitative estimate of drug-likeness (QED) is 0.877. The third-order valence-electron chi connectivity index (χ3n) is 3.68. The van der Waals surface area contributed by atoms with Crippen molar-refractivity contribution in [3.8, 4) is 0 Å². The molecule has 1 heterocycles. The molecule has 4 nitrogen and oxygen atoms in total. The first-order valence-corrected chi connectivity index (χ1v) is 7.54. The van der Waals surface area contributed by atoms with Crippen molar-refractivity contribution in [2.45, 2.75) is 52.4 Å². The van der Waals surface area contributed by atoms with E-state index in [9.17, 15) is 0 Å². The van der Waals surface area contributed by atoms with E-state index in [4.69, 9.17) is 10.5 Å². The molecule has 1 aromatic heterocycles. The molecule has 102 valence electrons. The summed E-state index contributed by atoms with van der Waals surface area (Å²) in [7, 11) is 0. The predicted octanol–water partition coefficient (Wildman–Crippen LogP) is 2.48. The molecule has 0 unspecified atom stereocenters. The lowest BCUT2D eigenvalue weighted by Gasteiger charge is -2.34. The highest BCUT2D eigenvalue weighted by Gasteiger charge is 2.29. The average Bonchev–Trinajstić information content (AvgIpc) is 2.64. The van der Waals surface area contributed by atoms with Crippen LogP contribution < -0.4 is 5.73 Å². The SMILES string of the molecule is CCc1nn(CC)c(COC2CC(CN)C2)c1Br. The van der Waals surface area contributed by atoms with Crippen LogP contribution in [0.15, 0.2) is 4.47 Å². The van der Waals surface area contributed by atoms with E-state index >= 15 is 0 Å². The lowest BCUT2D eigenvalue weighted by molar-refractivity contribution is -0.0401. The maximum absolute atomic E-state index is 5.93. The van der Waals surface area contributed by atoms with Gasteiger partial charge < -0.3 is 10.5 Å². The summed E-state index contributed by atoms with van der Waals surface area (Å²) in [4.78, 5) is 0. The summed E-state index contributed by atoms with van der Waals surface area (Å²) in [5.41, 5.74) is 7.89.